The molecule has 3 aromatic rings. The Kier molecular flexibility index (Phi) is 13.5. The minimum absolute atomic E-state index is 0.0125. The van der Waals surface area contributed by atoms with Gasteiger partial charge in [-0.1, -0.05) is 41.9 Å². The topological polar surface area (TPSA) is 107 Å². The second kappa shape index (κ2) is 16.6. The van der Waals surface area contributed by atoms with Crippen molar-refractivity contribution in [3.8, 4) is 11.6 Å². The number of ether oxygens (including phenoxy) is 2. The number of likely N-dealkylation sites (tertiary alicyclic amines) is 1. The van der Waals surface area contributed by atoms with Crippen LogP contribution in [0.5, 0.6) is 11.6 Å². The molecule has 3 N–H and O–H groups in total. The van der Waals surface area contributed by atoms with Crippen LogP contribution in [0, 0.1) is 0 Å². The monoisotopic (exact) mass is 580 g/mol. The minimum Gasteiger partial charge on any atom is -0.437 e. The molecular weight excluding hydrogens is 549 g/mol. The van der Waals surface area contributed by atoms with E-state index < -0.39 is 11.7 Å². The lowest BCUT2D eigenvalue weighted by Crippen LogP contribution is -2.37. The zero-order valence-electron chi connectivity index (χ0n) is 22.2. The number of hydrogen-bond acceptors (Lipinski definition) is 7. The summed E-state index contributed by atoms with van der Waals surface area (Å²) in [7, 11) is 3.47. The number of carbonyl (C=O) groups is 2. The van der Waals surface area contributed by atoms with Crippen molar-refractivity contribution in [2.75, 3.05) is 33.8 Å². The molecule has 0 spiro atoms. The van der Waals surface area contributed by atoms with E-state index in [-0.39, 0.29) is 34.2 Å². The van der Waals surface area contributed by atoms with Crippen molar-refractivity contribution in [3.63, 3.8) is 0 Å². The molecule has 1 aromatic heterocycles. The van der Waals surface area contributed by atoms with Gasteiger partial charge in [0.15, 0.2) is 6.29 Å². The smallest absolute Gasteiger partial charge is 0.416 e. The van der Waals surface area contributed by atoms with Gasteiger partial charge in [-0.05, 0) is 49.4 Å². The lowest BCUT2D eigenvalue weighted by molar-refractivity contribution is -0.137. The molecule has 40 heavy (non-hydrogen) atoms. The number of amides is 1. The zero-order valence-corrected chi connectivity index (χ0v) is 22.9. The number of pyridine rings is 1. The summed E-state index contributed by atoms with van der Waals surface area (Å²) < 4.78 is 47.6. The summed E-state index contributed by atoms with van der Waals surface area (Å²) in [6.07, 6.45) is -1.63. The normalized spacial score (nSPS) is 14.4. The number of nitrogens with zero attached hydrogens (tertiary/aromatic N) is 2. The number of aromatic nitrogens is 1. The molecule has 12 heteroatoms. The summed E-state index contributed by atoms with van der Waals surface area (Å²) in [5, 5.41) is 2.61. The SMILES string of the molecule is CNCC(=O)N1CCC(N)C1.COCc1ccccc1.O=Cc1cccnc1Oc1ccc(C(F)(F)F)cc1Cl. The van der Waals surface area contributed by atoms with E-state index >= 15 is 0 Å². The van der Waals surface area contributed by atoms with Crippen LogP contribution in [0.4, 0.5) is 13.2 Å². The van der Waals surface area contributed by atoms with Gasteiger partial charge in [0, 0.05) is 32.4 Å². The van der Waals surface area contributed by atoms with Crippen LogP contribution in [0.2, 0.25) is 5.02 Å². The predicted octanol–water partition coefficient (Wildman–Crippen LogP) is 4.96. The molecule has 1 saturated heterocycles. The Morgan fingerprint density at radius 2 is 1.93 bits per heavy atom. The number of rotatable bonds is 7. The van der Waals surface area contributed by atoms with E-state index in [1.807, 2.05) is 30.3 Å². The van der Waals surface area contributed by atoms with E-state index in [0.717, 1.165) is 37.7 Å². The Hall–Kier alpha value is -3.51. The van der Waals surface area contributed by atoms with Gasteiger partial charge in [0.1, 0.15) is 5.75 Å². The number of nitrogens with two attached hydrogens (primary N) is 1. The van der Waals surface area contributed by atoms with E-state index in [2.05, 4.69) is 10.3 Å². The molecule has 8 nitrogen and oxygen atoms in total. The molecule has 1 aliphatic heterocycles. The van der Waals surface area contributed by atoms with Crippen molar-refractivity contribution in [1.82, 2.24) is 15.2 Å². The minimum atomic E-state index is -4.48. The van der Waals surface area contributed by atoms with E-state index in [9.17, 15) is 22.8 Å². The molecule has 2 aromatic carbocycles. The maximum Gasteiger partial charge on any atom is 0.416 e. The van der Waals surface area contributed by atoms with Crippen LogP contribution < -0.4 is 15.8 Å². The molecule has 4 rings (SSSR count). The average molecular weight is 581 g/mol. The van der Waals surface area contributed by atoms with Gasteiger partial charge in [-0.15, -0.1) is 0 Å². The van der Waals surface area contributed by atoms with Crippen molar-refractivity contribution in [1.29, 1.82) is 0 Å². The highest BCUT2D eigenvalue weighted by Crippen LogP contribution is 2.36. The van der Waals surface area contributed by atoms with Gasteiger partial charge in [0.25, 0.3) is 0 Å². The molecule has 1 atom stereocenters. The zero-order chi connectivity index (χ0) is 29.5. The van der Waals surface area contributed by atoms with Crippen LogP contribution in [0.1, 0.15) is 27.9 Å². The Bertz CT molecular complexity index is 1220. The number of hydrogen-bond donors (Lipinski definition) is 2. The molecule has 0 bridgehead atoms. The van der Waals surface area contributed by atoms with Crippen molar-refractivity contribution in [2.24, 2.45) is 5.73 Å². The number of alkyl halides is 3. The fourth-order valence-electron chi connectivity index (χ4n) is 3.46. The standard InChI is InChI=1S/C13H7ClF3NO2.C8H10O.C7H15N3O/c14-10-6-9(13(15,16)17)3-4-11(10)20-12-8(7-19)2-1-5-18-12;1-9-7-8-5-3-2-4-6-8;1-9-4-7(11)10-3-2-6(8)5-10/h1-7H;2-6H,7H2,1H3;6,9H,2-5,8H2,1H3. The van der Waals surface area contributed by atoms with Crippen LogP contribution in [0.15, 0.2) is 66.9 Å². The van der Waals surface area contributed by atoms with Crippen LogP contribution in [0.25, 0.3) is 0 Å². The van der Waals surface area contributed by atoms with Crippen LogP contribution in [-0.2, 0) is 22.3 Å². The fourth-order valence-corrected chi connectivity index (χ4v) is 3.68. The van der Waals surface area contributed by atoms with Gasteiger partial charge in [0.05, 0.1) is 29.3 Å². The third-order valence-corrected chi connectivity index (χ3v) is 5.75. The van der Waals surface area contributed by atoms with Crippen LogP contribution in [0.3, 0.4) is 0 Å². The third kappa shape index (κ3) is 10.9. The van der Waals surface area contributed by atoms with Crippen LogP contribution in [-0.4, -0.2) is 61.9 Å². The molecule has 216 valence electrons. The summed E-state index contributed by atoms with van der Waals surface area (Å²) >= 11 is 5.74. The van der Waals surface area contributed by atoms with Crippen molar-refractivity contribution in [3.05, 3.63) is 88.6 Å². The first-order chi connectivity index (χ1) is 19.1. The molecule has 1 aliphatic rings. The number of nitrogens with one attached hydrogen (secondary N) is 1. The van der Waals surface area contributed by atoms with E-state index in [1.54, 1.807) is 19.1 Å². The summed E-state index contributed by atoms with van der Waals surface area (Å²) in [5.41, 5.74) is 6.15. The quantitative estimate of drug-likeness (QED) is 0.381. The highest BCUT2D eigenvalue weighted by molar-refractivity contribution is 6.32. The molecule has 1 fully saturated rings. The van der Waals surface area contributed by atoms with Gasteiger partial charge >= 0.3 is 6.18 Å². The largest absolute Gasteiger partial charge is 0.437 e. The molecule has 1 amide bonds. The van der Waals surface area contributed by atoms with E-state index in [0.29, 0.717) is 19.4 Å². The number of halogens is 4. The van der Waals surface area contributed by atoms with Gasteiger partial charge in [-0.25, -0.2) is 4.98 Å². The Morgan fingerprint density at radius 3 is 2.48 bits per heavy atom. The molecule has 0 aliphatic carbocycles. The Balaban J connectivity index is 0.000000235. The fraction of sp³-hybridized carbons (Fsp3) is 0.321. The Labute approximate surface area is 236 Å². The van der Waals surface area contributed by atoms with E-state index in [1.165, 1.54) is 23.9 Å². The lowest BCUT2D eigenvalue weighted by Gasteiger charge is -2.14. The summed E-state index contributed by atoms with van der Waals surface area (Å²) in [6, 6.07) is 16.0. The van der Waals surface area contributed by atoms with E-state index in [4.69, 9.17) is 26.8 Å². The average Bonchev–Trinajstić information content (AvgIpc) is 3.38. The highest BCUT2D eigenvalue weighted by Gasteiger charge is 2.31. The number of likely N-dealkylation sites (N-methyl/N-ethyl adjacent to an activating group) is 1. The summed E-state index contributed by atoms with van der Waals surface area (Å²) in [4.78, 5) is 27.6. The van der Waals surface area contributed by atoms with Gasteiger partial charge in [-0.3, -0.25) is 9.59 Å². The van der Waals surface area contributed by atoms with Crippen molar-refractivity contribution >= 4 is 23.8 Å². The first-order valence-electron chi connectivity index (χ1n) is 12.2. The Morgan fingerprint density at radius 1 is 1.20 bits per heavy atom. The van der Waals surface area contributed by atoms with Gasteiger partial charge < -0.3 is 25.4 Å². The first kappa shape index (κ1) is 32.7. The predicted molar refractivity (Wildman–Crippen MR) is 146 cm³/mol. The molecular formula is C28H32ClF3N4O4. The number of methoxy groups -OCH3 is 1. The van der Waals surface area contributed by atoms with Gasteiger partial charge in [0.2, 0.25) is 11.8 Å². The second-order valence-electron chi connectivity index (χ2n) is 8.60. The number of benzene rings is 2. The molecule has 1 unspecified atom stereocenters. The molecule has 0 radical (unpaired) electrons. The van der Waals surface area contributed by atoms with Gasteiger partial charge in [-0.2, -0.15) is 13.2 Å². The molecule has 2 heterocycles. The second-order valence-corrected chi connectivity index (χ2v) is 9.01. The van der Waals surface area contributed by atoms with Crippen molar-refractivity contribution in [2.45, 2.75) is 25.2 Å². The lowest BCUT2D eigenvalue weighted by atomic mass is 10.2. The third-order valence-electron chi connectivity index (χ3n) is 5.45. The maximum atomic E-state index is 12.5. The first-order valence-corrected chi connectivity index (χ1v) is 12.6. The maximum absolute atomic E-state index is 12.5. The van der Waals surface area contributed by atoms with Crippen LogP contribution >= 0.6 is 11.6 Å². The number of aldehydes is 1. The van der Waals surface area contributed by atoms with Crippen molar-refractivity contribution < 1.29 is 32.2 Å². The molecule has 0 saturated carbocycles. The highest BCUT2D eigenvalue weighted by atomic mass is 35.5. The number of carbonyl (C=O) groups excluding carboxylic acids is 2. The summed E-state index contributed by atoms with van der Waals surface area (Å²) in [5.74, 6) is 0.117. The summed E-state index contributed by atoms with van der Waals surface area (Å²) in [6.45, 7) is 2.68.